The summed E-state index contributed by atoms with van der Waals surface area (Å²) in [6.07, 6.45) is 6.89. The quantitative estimate of drug-likeness (QED) is 0.560. The third kappa shape index (κ3) is 5.05. The molecule has 0 unspecified atom stereocenters. The van der Waals surface area contributed by atoms with Crippen LogP contribution in [0.4, 0.5) is 11.5 Å². The van der Waals surface area contributed by atoms with Gasteiger partial charge in [-0.05, 0) is 61.2 Å². The molecule has 1 saturated heterocycles. The molecule has 1 aliphatic heterocycles. The summed E-state index contributed by atoms with van der Waals surface area (Å²) in [4.78, 5) is 14.5. The van der Waals surface area contributed by atoms with E-state index in [4.69, 9.17) is 11.6 Å². The summed E-state index contributed by atoms with van der Waals surface area (Å²) < 4.78 is 0. The standard InChI is InChI=1S/C24H23ClN4O/c25-21-7-3-2-6-18(21)10-15-24(30)26-20-11-8-19(9-12-20)22-13-14-23(28-27-22)29-16-4-1-5-17-29/h2-3,6-15H,1,4-5,16-17H2,(H,26,30)/b15-10+. The fraction of sp³-hybridized carbons (Fsp3) is 0.208. The Morgan fingerprint density at radius 3 is 2.40 bits per heavy atom. The summed E-state index contributed by atoms with van der Waals surface area (Å²) in [6.45, 7) is 2.10. The Hall–Kier alpha value is -3.18. The molecule has 2 heterocycles. The molecule has 30 heavy (non-hydrogen) atoms. The van der Waals surface area contributed by atoms with Crippen molar-refractivity contribution in [1.82, 2.24) is 10.2 Å². The van der Waals surface area contributed by atoms with Gasteiger partial charge in [-0.3, -0.25) is 4.79 Å². The number of benzene rings is 2. The third-order valence-corrected chi connectivity index (χ3v) is 5.44. The van der Waals surface area contributed by atoms with Gasteiger partial charge in [0.1, 0.15) is 0 Å². The minimum absolute atomic E-state index is 0.214. The maximum atomic E-state index is 12.2. The van der Waals surface area contributed by atoms with Crippen molar-refractivity contribution in [1.29, 1.82) is 0 Å². The highest BCUT2D eigenvalue weighted by atomic mass is 35.5. The van der Waals surface area contributed by atoms with E-state index in [1.54, 1.807) is 12.1 Å². The number of anilines is 2. The van der Waals surface area contributed by atoms with Gasteiger partial charge in [-0.25, -0.2) is 0 Å². The highest BCUT2D eigenvalue weighted by molar-refractivity contribution is 6.32. The molecule has 0 atom stereocenters. The highest BCUT2D eigenvalue weighted by Crippen LogP contribution is 2.22. The maximum Gasteiger partial charge on any atom is 0.248 e. The van der Waals surface area contributed by atoms with E-state index in [0.29, 0.717) is 10.7 Å². The Balaban J connectivity index is 1.38. The molecule has 0 spiro atoms. The molecule has 2 aromatic carbocycles. The summed E-state index contributed by atoms with van der Waals surface area (Å²) in [7, 11) is 0. The zero-order valence-electron chi connectivity index (χ0n) is 16.6. The zero-order valence-corrected chi connectivity index (χ0v) is 17.3. The molecule has 1 fully saturated rings. The summed E-state index contributed by atoms with van der Waals surface area (Å²) >= 11 is 6.10. The first-order valence-corrected chi connectivity index (χ1v) is 10.5. The monoisotopic (exact) mass is 418 g/mol. The molecule has 0 bridgehead atoms. The van der Waals surface area contributed by atoms with E-state index in [-0.39, 0.29) is 5.91 Å². The second-order valence-corrected chi connectivity index (χ2v) is 7.65. The van der Waals surface area contributed by atoms with Crippen molar-refractivity contribution in [2.45, 2.75) is 19.3 Å². The van der Waals surface area contributed by atoms with E-state index in [1.165, 1.54) is 25.3 Å². The van der Waals surface area contributed by atoms with E-state index >= 15 is 0 Å². The molecule has 1 aromatic heterocycles. The van der Waals surface area contributed by atoms with Gasteiger partial charge in [0.2, 0.25) is 5.91 Å². The van der Waals surface area contributed by atoms with Crippen LogP contribution >= 0.6 is 11.6 Å². The van der Waals surface area contributed by atoms with Crippen molar-refractivity contribution < 1.29 is 4.79 Å². The minimum atomic E-state index is -0.214. The summed E-state index contributed by atoms with van der Waals surface area (Å²) in [5.41, 5.74) is 3.28. The number of halogens is 1. The molecule has 1 amide bonds. The average Bonchev–Trinajstić information content (AvgIpc) is 2.80. The minimum Gasteiger partial charge on any atom is -0.355 e. The first-order valence-electron chi connectivity index (χ1n) is 10.1. The number of amides is 1. The van der Waals surface area contributed by atoms with Gasteiger partial charge < -0.3 is 10.2 Å². The van der Waals surface area contributed by atoms with Crippen LogP contribution in [0, 0.1) is 0 Å². The van der Waals surface area contributed by atoms with Crippen LogP contribution in [0.5, 0.6) is 0 Å². The number of rotatable bonds is 5. The molecule has 152 valence electrons. The van der Waals surface area contributed by atoms with Crippen molar-refractivity contribution >= 4 is 35.1 Å². The lowest BCUT2D eigenvalue weighted by Crippen LogP contribution is -2.30. The van der Waals surface area contributed by atoms with Crippen molar-refractivity contribution in [2.75, 3.05) is 23.3 Å². The second-order valence-electron chi connectivity index (χ2n) is 7.25. The van der Waals surface area contributed by atoms with E-state index in [1.807, 2.05) is 54.6 Å². The average molecular weight is 419 g/mol. The molecule has 0 aliphatic carbocycles. The summed E-state index contributed by atoms with van der Waals surface area (Å²) in [5, 5.41) is 12.2. The van der Waals surface area contributed by atoms with Crippen LogP contribution in [-0.4, -0.2) is 29.2 Å². The van der Waals surface area contributed by atoms with Crippen LogP contribution in [0.25, 0.3) is 17.3 Å². The first kappa shape index (κ1) is 20.1. The highest BCUT2D eigenvalue weighted by Gasteiger charge is 2.12. The van der Waals surface area contributed by atoms with Gasteiger partial charge in [0.05, 0.1) is 5.69 Å². The molecule has 1 aliphatic rings. The van der Waals surface area contributed by atoms with Crippen LogP contribution in [0.15, 0.2) is 66.7 Å². The normalized spacial score (nSPS) is 14.1. The van der Waals surface area contributed by atoms with E-state index < -0.39 is 0 Å². The summed E-state index contributed by atoms with van der Waals surface area (Å²) in [5.74, 6) is 0.723. The van der Waals surface area contributed by atoms with Crippen molar-refractivity contribution in [3.63, 3.8) is 0 Å². The molecule has 0 radical (unpaired) electrons. The molecule has 0 saturated carbocycles. The number of hydrogen-bond donors (Lipinski definition) is 1. The number of carbonyl (C=O) groups is 1. The fourth-order valence-corrected chi connectivity index (χ4v) is 3.65. The van der Waals surface area contributed by atoms with Crippen LogP contribution < -0.4 is 10.2 Å². The van der Waals surface area contributed by atoms with Crippen molar-refractivity contribution in [2.24, 2.45) is 0 Å². The molecule has 1 N–H and O–H groups in total. The van der Waals surface area contributed by atoms with E-state index in [9.17, 15) is 4.79 Å². The number of nitrogens with zero attached hydrogens (tertiary/aromatic N) is 3. The van der Waals surface area contributed by atoms with Crippen LogP contribution in [0.1, 0.15) is 24.8 Å². The Kier molecular flexibility index (Phi) is 6.40. The lowest BCUT2D eigenvalue weighted by Gasteiger charge is -2.27. The van der Waals surface area contributed by atoms with Crippen LogP contribution in [-0.2, 0) is 4.79 Å². The molecule has 3 aromatic rings. The Labute approximate surface area is 181 Å². The van der Waals surface area contributed by atoms with E-state index in [2.05, 4.69) is 20.4 Å². The first-order chi connectivity index (χ1) is 14.7. The largest absolute Gasteiger partial charge is 0.355 e. The smallest absolute Gasteiger partial charge is 0.248 e. The third-order valence-electron chi connectivity index (χ3n) is 5.10. The molecule has 5 nitrogen and oxygen atoms in total. The number of nitrogens with one attached hydrogen (secondary N) is 1. The molecular formula is C24H23ClN4O. The lowest BCUT2D eigenvalue weighted by atomic mass is 10.1. The second kappa shape index (κ2) is 9.55. The Morgan fingerprint density at radius 1 is 0.933 bits per heavy atom. The van der Waals surface area contributed by atoms with Gasteiger partial charge in [0.25, 0.3) is 0 Å². The maximum absolute atomic E-state index is 12.2. The Morgan fingerprint density at radius 2 is 1.70 bits per heavy atom. The van der Waals surface area contributed by atoms with Crippen LogP contribution in [0.2, 0.25) is 5.02 Å². The summed E-state index contributed by atoms with van der Waals surface area (Å²) in [6, 6.07) is 19.0. The topological polar surface area (TPSA) is 58.1 Å². The van der Waals surface area contributed by atoms with E-state index in [0.717, 1.165) is 35.7 Å². The SMILES string of the molecule is O=C(/C=C/c1ccccc1Cl)Nc1ccc(-c2ccc(N3CCCCC3)nn2)cc1. The number of piperidine rings is 1. The van der Waals surface area contributed by atoms with Gasteiger partial charge in [0.15, 0.2) is 5.82 Å². The predicted octanol–water partition coefficient (Wildman–Crippen LogP) is 5.44. The van der Waals surface area contributed by atoms with Crippen molar-refractivity contribution in [3.05, 3.63) is 77.3 Å². The van der Waals surface area contributed by atoms with Gasteiger partial charge in [-0.2, -0.15) is 0 Å². The van der Waals surface area contributed by atoms with Gasteiger partial charge >= 0.3 is 0 Å². The fourth-order valence-electron chi connectivity index (χ4n) is 3.45. The van der Waals surface area contributed by atoms with Gasteiger partial charge in [-0.15, -0.1) is 10.2 Å². The van der Waals surface area contributed by atoms with Crippen molar-refractivity contribution in [3.8, 4) is 11.3 Å². The molecule has 4 rings (SSSR count). The van der Waals surface area contributed by atoms with Gasteiger partial charge in [0, 0.05) is 35.4 Å². The van der Waals surface area contributed by atoms with Crippen LogP contribution in [0.3, 0.4) is 0 Å². The van der Waals surface area contributed by atoms with Gasteiger partial charge in [-0.1, -0.05) is 41.9 Å². The Bertz CT molecular complexity index is 1030. The number of hydrogen-bond acceptors (Lipinski definition) is 4. The molecule has 6 heteroatoms. The predicted molar refractivity (Wildman–Crippen MR) is 123 cm³/mol. The number of carbonyl (C=O) groups excluding carboxylic acids is 1. The number of aromatic nitrogens is 2. The lowest BCUT2D eigenvalue weighted by molar-refractivity contribution is -0.111. The zero-order chi connectivity index (χ0) is 20.8. The molecular weight excluding hydrogens is 396 g/mol.